The first-order valence-corrected chi connectivity index (χ1v) is 7.86. The van der Waals surface area contributed by atoms with Crippen LogP contribution in [0.25, 0.3) is 10.8 Å². The lowest BCUT2D eigenvalue weighted by Gasteiger charge is -2.42. The standard InChI is InChI=1S/C17H20BrNO/c1-17(2)12-20-10-9-19(17)11-13-7-8-16(18)15-6-4-3-5-14(13)15/h3-8H,9-12H2,1-2H3. The number of halogens is 1. The molecular weight excluding hydrogens is 314 g/mol. The summed E-state index contributed by atoms with van der Waals surface area (Å²) in [6, 6.07) is 13.0. The molecule has 1 aliphatic rings. The third-order valence-electron chi connectivity index (χ3n) is 4.14. The minimum atomic E-state index is 0.104. The quantitative estimate of drug-likeness (QED) is 0.816. The van der Waals surface area contributed by atoms with Crippen molar-refractivity contribution in [3.8, 4) is 0 Å². The summed E-state index contributed by atoms with van der Waals surface area (Å²) in [6.45, 7) is 8.13. The van der Waals surface area contributed by atoms with Crippen LogP contribution in [0.2, 0.25) is 0 Å². The molecule has 3 rings (SSSR count). The van der Waals surface area contributed by atoms with E-state index in [9.17, 15) is 0 Å². The van der Waals surface area contributed by atoms with Gasteiger partial charge in [0.05, 0.1) is 13.2 Å². The summed E-state index contributed by atoms with van der Waals surface area (Å²) in [6.07, 6.45) is 0. The van der Waals surface area contributed by atoms with Gasteiger partial charge in [-0.25, -0.2) is 0 Å². The highest BCUT2D eigenvalue weighted by Gasteiger charge is 2.30. The maximum Gasteiger partial charge on any atom is 0.0645 e. The van der Waals surface area contributed by atoms with Crippen molar-refractivity contribution in [1.82, 2.24) is 4.90 Å². The number of nitrogens with zero attached hydrogens (tertiary/aromatic N) is 1. The van der Waals surface area contributed by atoms with Gasteiger partial charge in [-0.15, -0.1) is 0 Å². The Labute approximate surface area is 128 Å². The lowest BCUT2D eigenvalue weighted by Crippen LogP contribution is -2.52. The first kappa shape index (κ1) is 14.1. The number of rotatable bonds is 2. The summed E-state index contributed by atoms with van der Waals surface area (Å²) in [5.74, 6) is 0. The number of morpholine rings is 1. The van der Waals surface area contributed by atoms with Crippen molar-refractivity contribution in [1.29, 1.82) is 0 Å². The van der Waals surface area contributed by atoms with Crippen molar-refractivity contribution >= 4 is 26.7 Å². The van der Waals surface area contributed by atoms with Gasteiger partial charge in [0, 0.05) is 23.1 Å². The summed E-state index contributed by atoms with van der Waals surface area (Å²) in [4.78, 5) is 2.52. The molecule has 1 saturated heterocycles. The van der Waals surface area contributed by atoms with E-state index < -0.39 is 0 Å². The lowest BCUT2D eigenvalue weighted by atomic mass is 9.99. The monoisotopic (exact) mass is 333 g/mol. The molecule has 2 nitrogen and oxygen atoms in total. The van der Waals surface area contributed by atoms with Crippen LogP contribution in [0.3, 0.4) is 0 Å². The second kappa shape index (κ2) is 5.47. The van der Waals surface area contributed by atoms with Gasteiger partial charge >= 0.3 is 0 Å². The minimum absolute atomic E-state index is 0.104. The van der Waals surface area contributed by atoms with Crippen LogP contribution in [0.4, 0.5) is 0 Å². The molecule has 0 N–H and O–H groups in total. The van der Waals surface area contributed by atoms with Gasteiger partial charge in [0.25, 0.3) is 0 Å². The van der Waals surface area contributed by atoms with E-state index in [0.717, 1.165) is 30.8 Å². The molecule has 0 spiro atoms. The van der Waals surface area contributed by atoms with E-state index >= 15 is 0 Å². The van der Waals surface area contributed by atoms with Gasteiger partial charge < -0.3 is 4.74 Å². The molecule has 0 amide bonds. The van der Waals surface area contributed by atoms with Crippen LogP contribution in [0.1, 0.15) is 19.4 Å². The Kier molecular flexibility index (Phi) is 3.85. The number of benzene rings is 2. The van der Waals surface area contributed by atoms with Gasteiger partial charge in [-0.2, -0.15) is 0 Å². The zero-order valence-electron chi connectivity index (χ0n) is 12.0. The number of ether oxygens (including phenoxy) is 1. The predicted octanol–water partition coefficient (Wildman–Crippen LogP) is 4.21. The molecule has 3 heteroatoms. The van der Waals surface area contributed by atoms with Gasteiger partial charge in [-0.1, -0.05) is 46.3 Å². The summed E-state index contributed by atoms with van der Waals surface area (Å²) in [5, 5.41) is 2.63. The fraction of sp³-hybridized carbons (Fsp3) is 0.412. The van der Waals surface area contributed by atoms with Crippen LogP contribution in [-0.4, -0.2) is 30.2 Å². The van der Waals surface area contributed by atoms with Crippen LogP contribution in [0.15, 0.2) is 40.9 Å². The normalized spacial score (nSPS) is 19.4. The molecule has 0 bridgehead atoms. The SMILES string of the molecule is CC1(C)COCCN1Cc1ccc(Br)c2ccccc12. The van der Waals surface area contributed by atoms with Gasteiger partial charge in [-0.3, -0.25) is 4.90 Å². The number of hydrogen-bond acceptors (Lipinski definition) is 2. The van der Waals surface area contributed by atoms with E-state index in [1.165, 1.54) is 16.3 Å². The third kappa shape index (κ3) is 2.62. The van der Waals surface area contributed by atoms with E-state index in [2.05, 4.69) is 71.1 Å². The molecule has 106 valence electrons. The van der Waals surface area contributed by atoms with E-state index in [1.54, 1.807) is 0 Å². The second-order valence-corrected chi connectivity index (χ2v) is 6.89. The second-order valence-electron chi connectivity index (χ2n) is 6.04. The van der Waals surface area contributed by atoms with E-state index in [0.29, 0.717) is 0 Å². The largest absolute Gasteiger partial charge is 0.378 e. The molecule has 2 aromatic carbocycles. The summed E-state index contributed by atoms with van der Waals surface area (Å²) in [7, 11) is 0. The van der Waals surface area contributed by atoms with Gasteiger partial charge in [0.2, 0.25) is 0 Å². The van der Waals surface area contributed by atoms with E-state index in [1.807, 2.05) is 0 Å². The Bertz CT molecular complexity index is 623. The van der Waals surface area contributed by atoms with Crippen molar-refractivity contribution in [2.24, 2.45) is 0 Å². The lowest BCUT2D eigenvalue weighted by molar-refractivity contribution is -0.0551. The molecule has 1 heterocycles. The number of hydrogen-bond donors (Lipinski definition) is 0. The molecular formula is C17H20BrNO. The van der Waals surface area contributed by atoms with Crippen LogP contribution < -0.4 is 0 Å². The third-order valence-corrected chi connectivity index (χ3v) is 4.83. The van der Waals surface area contributed by atoms with Crippen LogP contribution >= 0.6 is 15.9 Å². The fourth-order valence-corrected chi connectivity index (χ4v) is 3.33. The Morgan fingerprint density at radius 3 is 2.65 bits per heavy atom. The molecule has 1 aliphatic heterocycles. The zero-order valence-corrected chi connectivity index (χ0v) is 13.6. The highest BCUT2D eigenvalue weighted by atomic mass is 79.9. The molecule has 0 aliphatic carbocycles. The first-order valence-electron chi connectivity index (χ1n) is 7.07. The van der Waals surface area contributed by atoms with Gasteiger partial charge in [0.15, 0.2) is 0 Å². The predicted molar refractivity (Wildman–Crippen MR) is 87.0 cm³/mol. The topological polar surface area (TPSA) is 12.5 Å². The van der Waals surface area contributed by atoms with Crippen molar-refractivity contribution in [3.63, 3.8) is 0 Å². The van der Waals surface area contributed by atoms with Crippen molar-refractivity contribution in [2.45, 2.75) is 25.9 Å². The van der Waals surface area contributed by atoms with Crippen LogP contribution in [0, 0.1) is 0 Å². The Hall–Kier alpha value is -0.900. The molecule has 2 aromatic rings. The van der Waals surface area contributed by atoms with Crippen molar-refractivity contribution in [2.75, 3.05) is 19.8 Å². The molecule has 0 radical (unpaired) electrons. The Balaban J connectivity index is 1.97. The molecule has 20 heavy (non-hydrogen) atoms. The average Bonchev–Trinajstić information content (AvgIpc) is 2.44. The Morgan fingerprint density at radius 1 is 1.15 bits per heavy atom. The first-order chi connectivity index (χ1) is 9.58. The average molecular weight is 334 g/mol. The van der Waals surface area contributed by atoms with E-state index in [-0.39, 0.29) is 5.54 Å². The van der Waals surface area contributed by atoms with Crippen LogP contribution in [0.5, 0.6) is 0 Å². The molecule has 0 unspecified atom stereocenters. The van der Waals surface area contributed by atoms with Gasteiger partial charge in [-0.05, 0) is 36.2 Å². The van der Waals surface area contributed by atoms with Crippen LogP contribution in [-0.2, 0) is 11.3 Å². The van der Waals surface area contributed by atoms with Crippen molar-refractivity contribution < 1.29 is 4.74 Å². The highest BCUT2D eigenvalue weighted by Crippen LogP contribution is 2.29. The molecule has 0 atom stereocenters. The van der Waals surface area contributed by atoms with Crippen molar-refractivity contribution in [3.05, 3.63) is 46.4 Å². The van der Waals surface area contributed by atoms with Gasteiger partial charge in [0.1, 0.15) is 0 Å². The number of fused-ring (bicyclic) bond motifs is 1. The molecule has 1 fully saturated rings. The highest BCUT2D eigenvalue weighted by molar-refractivity contribution is 9.10. The maximum absolute atomic E-state index is 5.61. The van der Waals surface area contributed by atoms with E-state index in [4.69, 9.17) is 4.74 Å². The Morgan fingerprint density at radius 2 is 1.90 bits per heavy atom. The fourth-order valence-electron chi connectivity index (χ4n) is 2.85. The summed E-state index contributed by atoms with van der Waals surface area (Å²) < 4.78 is 6.78. The zero-order chi connectivity index (χ0) is 14.2. The smallest absolute Gasteiger partial charge is 0.0645 e. The molecule has 0 saturated carbocycles. The minimum Gasteiger partial charge on any atom is -0.378 e. The summed E-state index contributed by atoms with van der Waals surface area (Å²) in [5.41, 5.74) is 1.49. The molecule has 0 aromatic heterocycles. The maximum atomic E-state index is 5.61. The summed E-state index contributed by atoms with van der Waals surface area (Å²) >= 11 is 3.65.